The highest BCUT2D eigenvalue weighted by molar-refractivity contribution is 8.00. The van der Waals surface area contributed by atoms with E-state index in [0.717, 1.165) is 0 Å². The normalized spacial score (nSPS) is 8.86. The Balaban J connectivity index is 3.40. The van der Waals surface area contributed by atoms with Gasteiger partial charge in [0.1, 0.15) is 0 Å². The second kappa shape index (κ2) is 8.45. The Kier molecular flexibility index (Phi) is 7.75. The SMILES string of the molecule is C#CCNC(=O)CSCC(=O)OCC. The minimum absolute atomic E-state index is 0.169. The molecule has 4 nitrogen and oxygen atoms in total. The molecular formula is C9H13NO3S. The molecule has 0 fully saturated rings. The molecule has 1 amide bonds. The van der Waals surface area contributed by atoms with Gasteiger partial charge in [0.15, 0.2) is 0 Å². The molecule has 0 saturated carbocycles. The fourth-order valence-electron chi connectivity index (χ4n) is 0.630. The number of carbonyl (C=O) groups excluding carboxylic acids is 2. The number of terminal acetylenes is 1. The highest BCUT2D eigenvalue weighted by Crippen LogP contribution is 1.99. The summed E-state index contributed by atoms with van der Waals surface area (Å²) >= 11 is 1.20. The van der Waals surface area contributed by atoms with E-state index in [9.17, 15) is 9.59 Å². The van der Waals surface area contributed by atoms with Gasteiger partial charge in [-0.25, -0.2) is 0 Å². The van der Waals surface area contributed by atoms with Crippen molar-refractivity contribution >= 4 is 23.6 Å². The van der Waals surface area contributed by atoms with Crippen LogP contribution in [0.3, 0.4) is 0 Å². The third kappa shape index (κ3) is 7.50. The predicted octanol–water partition coefficient (Wildman–Crippen LogP) is 0.0321. The molecule has 1 N–H and O–H groups in total. The van der Waals surface area contributed by atoms with E-state index in [1.165, 1.54) is 11.8 Å². The first-order valence-electron chi connectivity index (χ1n) is 4.14. The number of ether oxygens (including phenoxy) is 1. The molecule has 0 rings (SSSR count). The van der Waals surface area contributed by atoms with E-state index < -0.39 is 0 Å². The van der Waals surface area contributed by atoms with E-state index in [-0.39, 0.29) is 29.9 Å². The summed E-state index contributed by atoms with van der Waals surface area (Å²) in [5, 5.41) is 2.49. The predicted molar refractivity (Wildman–Crippen MR) is 55.8 cm³/mol. The molecule has 0 atom stereocenters. The monoisotopic (exact) mass is 215 g/mol. The van der Waals surface area contributed by atoms with Crippen LogP contribution in [0, 0.1) is 12.3 Å². The minimum Gasteiger partial charge on any atom is -0.465 e. The number of hydrogen-bond donors (Lipinski definition) is 1. The quantitative estimate of drug-likeness (QED) is 0.502. The first kappa shape index (κ1) is 12.8. The van der Waals surface area contributed by atoms with Gasteiger partial charge in [-0.2, -0.15) is 0 Å². The average Bonchev–Trinajstić information content (AvgIpc) is 2.15. The first-order valence-corrected chi connectivity index (χ1v) is 5.29. The lowest BCUT2D eigenvalue weighted by atomic mass is 10.6. The van der Waals surface area contributed by atoms with E-state index in [2.05, 4.69) is 16.0 Å². The molecule has 0 aromatic carbocycles. The highest BCUT2D eigenvalue weighted by Gasteiger charge is 2.04. The summed E-state index contributed by atoms with van der Waals surface area (Å²) < 4.78 is 4.68. The molecule has 0 aliphatic heterocycles. The number of amides is 1. The molecule has 0 bridgehead atoms. The first-order chi connectivity index (χ1) is 6.70. The van der Waals surface area contributed by atoms with Crippen molar-refractivity contribution in [3.8, 4) is 12.3 Å². The van der Waals surface area contributed by atoms with Gasteiger partial charge >= 0.3 is 5.97 Å². The van der Waals surface area contributed by atoms with Crippen molar-refractivity contribution in [2.75, 3.05) is 24.7 Å². The van der Waals surface area contributed by atoms with Crippen molar-refractivity contribution in [2.24, 2.45) is 0 Å². The van der Waals surface area contributed by atoms with Crippen molar-refractivity contribution in [3.05, 3.63) is 0 Å². The molecule has 0 radical (unpaired) electrons. The Hall–Kier alpha value is -1.15. The van der Waals surface area contributed by atoms with Crippen LogP contribution in [0.25, 0.3) is 0 Å². The fraction of sp³-hybridized carbons (Fsp3) is 0.556. The van der Waals surface area contributed by atoms with E-state index >= 15 is 0 Å². The molecule has 0 heterocycles. The van der Waals surface area contributed by atoms with Crippen molar-refractivity contribution in [3.63, 3.8) is 0 Å². The highest BCUT2D eigenvalue weighted by atomic mass is 32.2. The van der Waals surface area contributed by atoms with E-state index in [4.69, 9.17) is 6.42 Å². The van der Waals surface area contributed by atoms with Gasteiger partial charge in [-0.1, -0.05) is 5.92 Å². The lowest BCUT2D eigenvalue weighted by Gasteiger charge is -2.01. The lowest BCUT2D eigenvalue weighted by molar-refractivity contribution is -0.139. The molecule has 0 spiro atoms. The zero-order chi connectivity index (χ0) is 10.8. The van der Waals surface area contributed by atoms with Crippen molar-refractivity contribution in [1.29, 1.82) is 0 Å². The van der Waals surface area contributed by atoms with Gasteiger partial charge in [0.25, 0.3) is 0 Å². The number of thioether (sulfide) groups is 1. The maximum atomic E-state index is 11.0. The van der Waals surface area contributed by atoms with Gasteiger partial charge in [-0.3, -0.25) is 9.59 Å². The molecule has 0 aromatic rings. The standard InChI is InChI=1S/C9H13NO3S/c1-3-5-10-8(11)6-14-7-9(12)13-4-2/h1H,4-7H2,2H3,(H,10,11). The molecule has 0 saturated heterocycles. The van der Waals surface area contributed by atoms with Crippen LogP contribution in [0.15, 0.2) is 0 Å². The zero-order valence-electron chi connectivity index (χ0n) is 8.04. The van der Waals surface area contributed by atoms with Gasteiger partial charge < -0.3 is 10.1 Å². The summed E-state index contributed by atoms with van der Waals surface area (Å²) in [4.78, 5) is 21.8. The van der Waals surface area contributed by atoms with Crippen LogP contribution in [0.5, 0.6) is 0 Å². The topological polar surface area (TPSA) is 55.4 Å². The summed E-state index contributed by atoms with van der Waals surface area (Å²) in [6.45, 7) is 2.32. The Bertz CT molecular complexity index is 235. The molecular weight excluding hydrogens is 202 g/mol. The maximum absolute atomic E-state index is 11.0. The summed E-state index contributed by atoms with van der Waals surface area (Å²) in [7, 11) is 0. The smallest absolute Gasteiger partial charge is 0.315 e. The van der Waals surface area contributed by atoms with Gasteiger partial charge in [-0.15, -0.1) is 18.2 Å². The molecule has 0 aliphatic carbocycles. The van der Waals surface area contributed by atoms with Crippen LogP contribution in [0.2, 0.25) is 0 Å². The zero-order valence-corrected chi connectivity index (χ0v) is 8.86. The number of hydrogen-bond acceptors (Lipinski definition) is 4. The largest absolute Gasteiger partial charge is 0.465 e. The van der Waals surface area contributed by atoms with E-state index in [1.807, 2.05) is 0 Å². The number of esters is 1. The Morgan fingerprint density at radius 3 is 2.79 bits per heavy atom. The van der Waals surface area contributed by atoms with Crippen molar-refractivity contribution < 1.29 is 14.3 Å². The Morgan fingerprint density at radius 1 is 1.50 bits per heavy atom. The van der Waals surface area contributed by atoms with Crippen LogP contribution in [-0.2, 0) is 14.3 Å². The molecule has 0 unspecified atom stereocenters. The van der Waals surface area contributed by atoms with E-state index in [1.54, 1.807) is 6.92 Å². The lowest BCUT2D eigenvalue weighted by Crippen LogP contribution is -2.25. The maximum Gasteiger partial charge on any atom is 0.315 e. The van der Waals surface area contributed by atoms with Crippen LogP contribution in [0.4, 0.5) is 0 Å². The van der Waals surface area contributed by atoms with Crippen molar-refractivity contribution in [2.45, 2.75) is 6.92 Å². The third-order valence-corrected chi connectivity index (χ3v) is 2.05. The second-order valence-electron chi connectivity index (χ2n) is 2.28. The van der Waals surface area contributed by atoms with Crippen LogP contribution in [0.1, 0.15) is 6.92 Å². The third-order valence-electron chi connectivity index (χ3n) is 1.15. The summed E-state index contributed by atoms with van der Waals surface area (Å²) in [6, 6.07) is 0. The van der Waals surface area contributed by atoms with E-state index in [0.29, 0.717) is 6.61 Å². The fourth-order valence-corrected chi connectivity index (χ4v) is 1.27. The summed E-state index contributed by atoms with van der Waals surface area (Å²) in [6.07, 6.45) is 4.95. The molecule has 5 heteroatoms. The average molecular weight is 215 g/mol. The molecule has 78 valence electrons. The Labute approximate surface area is 87.8 Å². The molecule has 0 aromatic heterocycles. The van der Waals surface area contributed by atoms with Gasteiger partial charge in [0.2, 0.25) is 5.91 Å². The van der Waals surface area contributed by atoms with Crippen molar-refractivity contribution in [1.82, 2.24) is 5.32 Å². The van der Waals surface area contributed by atoms with Crippen LogP contribution < -0.4 is 5.32 Å². The van der Waals surface area contributed by atoms with Gasteiger partial charge in [0, 0.05) is 0 Å². The number of nitrogens with one attached hydrogen (secondary N) is 1. The van der Waals surface area contributed by atoms with Gasteiger partial charge in [0.05, 0.1) is 24.7 Å². The second-order valence-corrected chi connectivity index (χ2v) is 3.26. The van der Waals surface area contributed by atoms with Crippen LogP contribution in [-0.4, -0.2) is 36.5 Å². The summed E-state index contributed by atoms with van der Waals surface area (Å²) in [5.41, 5.74) is 0. The number of rotatable bonds is 6. The number of carbonyl (C=O) groups is 2. The molecule has 14 heavy (non-hydrogen) atoms. The summed E-state index contributed by atoms with van der Waals surface area (Å²) in [5.74, 6) is 2.23. The van der Waals surface area contributed by atoms with Gasteiger partial charge in [-0.05, 0) is 6.92 Å². The Morgan fingerprint density at radius 2 is 2.21 bits per heavy atom. The minimum atomic E-state index is -0.303. The molecule has 0 aliphatic rings. The van der Waals surface area contributed by atoms with Crippen LogP contribution >= 0.6 is 11.8 Å².